The van der Waals surface area contributed by atoms with Crippen LogP contribution in [-0.4, -0.2) is 19.6 Å². The first kappa shape index (κ1) is 24.6. The van der Waals surface area contributed by atoms with Gasteiger partial charge in [-0.2, -0.15) is 21.6 Å². The number of hydrogen-bond acceptors (Lipinski definition) is 4. The van der Waals surface area contributed by atoms with Gasteiger partial charge in [0, 0.05) is 16.1 Å². The number of benzene rings is 2. The summed E-state index contributed by atoms with van der Waals surface area (Å²) in [5.74, 6) is 0. The summed E-state index contributed by atoms with van der Waals surface area (Å²) in [6, 6.07) is 8.63. The summed E-state index contributed by atoms with van der Waals surface area (Å²) in [6.07, 6.45) is 0.836. The van der Waals surface area contributed by atoms with E-state index in [1.807, 2.05) is 6.92 Å². The fraction of sp³-hybridized carbons (Fsp3) is 0.278. The largest absolute Gasteiger partial charge is 0.516 e. The van der Waals surface area contributed by atoms with Gasteiger partial charge in [-0.05, 0) is 30.7 Å². The van der Waals surface area contributed by atoms with Gasteiger partial charge in [-0.3, -0.25) is 4.72 Å². The highest BCUT2D eigenvalue weighted by Crippen LogP contribution is 2.30. The lowest BCUT2D eigenvalue weighted by Crippen LogP contribution is -2.30. The van der Waals surface area contributed by atoms with Crippen molar-refractivity contribution in [3.8, 4) is 0 Å². The van der Waals surface area contributed by atoms with E-state index in [1.54, 1.807) is 18.2 Å². The Morgan fingerprint density at radius 1 is 1.17 bits per heavy atom. The summed E-state index contributed by atoms with van der Waals surface area (Å²) in [5.41, 5.74) is -4.99. The number of alkyl halides is 3. The molecule has 0 spiro atoms. The number of rotatable bonds is 8. The van der Waals surface area contributed by atoms with Crippen LogP contribution in [-0.2, 0) is 21.5 Å². The molecule has 0 aliphatic rings. The van der Waals surface area contributed by atoms with Gasteiger partial charge in [0.15, 0.2) is 0 Å². The summed E-state index contributed by atoms with van der Waals surface area (Å²) in [5, 5.41) is 4.78. The molecule has 0 aliphatic carbocycles. The van der Waals surface area contributed by atoms with Crippen LogP contribution in [0.1, 0.15) is 30.9 Å². The average molecular weight is 504 g/mol. The lowest BCUT2D eigenvalue weighted by Gasteiger charge is -2.15. The molecular weight excluding hydrogens is 488 g/mol. The first-order chi connectivity index (χ1) is 14.0. The third-order valence-corrected chi connectivity index (χ3v) is 5.95. The van der Waals surface area contributed by atoms with Crippen molar-refractivity contribution in [3.63, 3.8) is 0 Å². The van der Waals surface area contributed by atoms with Gasteiger partial charge < -0.3 is 4.84 Å². The zero-order chi connectivity index (χ0) is 22.5. The fourth-order valence-corrected chi connectivity index (χ4v) is 3.48. The molecule has 2 aromatic carbocycles. The van der Waals surface area contributed by atoms with Gasteiger partial charge in [0.1, 0.15) is 6.61 Å². The van der Waals surface area contributed by atoms with Gasteiger partial charge in [0.05, 0.1) is 21.4 Å². The standard InChI is InChI=1S/C18H16Cl3F3N2O3S/c1-2-4-15(25-29-10-11-5-3-6-14(20)17(11)21)13-9-12(19)7-8-16(13)26-30(27,28)18(22,23)24/h3,5-9,26H,2,4,10H2,1H3. The Hall–Kier alpha value is -1.68. The molecule has 164 valence electrons. The third-order valence-electron chi connectivity index (χ3n) is 3.75. The molecule has 2 aromatic rings. The van der Waals surface area contributed by atoms with E-state index in [2.05, 4.69) is 5.16 Å². The van der Waals surface area contributed by atoms with Crippen LogP contribution < -0.4 is 4.72 Å². The second kappa shape index (κ2) is 10.1. The Kier molecular flexibility index (Phi) is 8.27. The number of anilines is 1. The molecule has 0 saturated heterocycles. The molecular formula is C18H16Cl3F3N2O3S. The molecule has 0 fully saturated rings. The van der Waals surface area contributed by atoms with E-state index in [-0.39, 0.29) is 40.0 Å². The number of nitrogens with one attached hydrogen (secondary N) is 1. The molecule has 0 saturated carbocycles. The van der Waals surface area contributed by atoms with Crippen molar-refractivity contribution < 1.29 is 26.4 Å². The summed E-state index contributed by atoms with van der Waals surface area (Å²) in [6.45, 7) is 1.75. The molecule has 0 bridgehead atoms. The van der Waals surface area contributed by atoms with Crippen molar-refractivity contribution >= 4 is 56.2 Å². The summed E-state index contributed by atoms with van der Waals surface area (Å²) in [4.78, 5) is 5.32. The van der Waals surface area contributed by atoms with Crippen LogP contribution in [0, 0.1) is 0 Å². The van der Waals surface area contributed by atoms with E-state index in [1.165, 1.54) is 16.9 Å². The third kappa shape index (κ3) is 6.16. The molecule has 0 heterocycles. The number of hydrogen-bond donors (Lipinski definition) is 1. The smallest absolute Gasteiger partial charge is 0.391 e. The highest BCUT2D eigenvalue weighted by Gasteiger charge is 2.46. The summed E-state index contributed by atoms with van der Waals surface area (Å²) in [7, 11) is -5.63. The number of halogens is 6. The monoisotopic (exact) mass is 502 g/mol. The van der Waals surface area contributed by atoms with Crippen molar-refractivity contribution in [1.29, 1.82) is 0 Å². The second-order valence-electron chi connectivity index (χ2n) is 6.02. The first-order valence-electron chi connectivity index (χ1n) is 8.47. The normalized spacial score (nSPS) is 12.7. The van der Waals surface area contributed by atoms with Crippen molar-refractivity contribution in [3.05, 3.63) is 62.6 Å². The van der Waals surface area contributed by atoms with Crippen LogP contribution in [0.15, 0.2) is 41.6 Å². The van der Waals surface area contributed by atoms with Gasteiger partial charge in [-0.15, -0.1) is 0 Å². The second-order valence-corrected chi connectivity index (χ2v) is 8.91. The van der Waals surface area contributed by atoms with Gasteiger partial charge >= 0.3 is 15.5 Å². The van der Waals surface area contributed by atoms with Crippen LogP contribution in [0.4, 0.5) is 18.9 Å². The van der Waals surface area contributed by atoms with E-state index in [9.17, 15) is 21.6 Å². The number of oxime groups is 1. The molecule has 0 unspecified atom stereocenters. The van der Waals surface area contributed by atoms with E-state index < -0.39 is 15.5 Å². The van der Waals surface area contributed by atoms with Crippen LogP contribution in [0.25, 0.3) is 0 Å². The maximum atomic E-state index is 12.8. The minimum absolute atomic E-state index is 0.0587. The molecule has 30 heavy (non-hydrogen) atoms. The van der Waals surface area contributed by atoms with Crippen LogP contribution in [0.2, 0.25) is 15.1 Å². The first-order valence-corrected chi connectivity index (χ1v) is 11.1. The van der Waals surface area contributed by atoms with Crippen molar-refractivity contribution in [1.82, 2.24) is 0 Å². The molecule has 0 radical (unpaired) electrons. The molecule has 0 atom stereocenters. The Bertz CT molecular complexity index is 1040. The maximum absolute atomic E-state index is 12.8. The van der Waals surface area contributed by atoms with Gasteiger partial charge in [-0.1, -0.05) is 65.4 Å². The Labute approximate surface area is 186 Å². The topological polar surface area (TPSA) is 67.8 Å². The minimum atomic E-state index is -5.63. The number of sulfonamides is 1. The van der Waals surface area contributed by atoms with Crippen molar-refractivity contribution in [2.45, 2.75) is 31.9 Å². The molecule has 2 rings (SSSR count). The zero-order valence-electron chi connectivity index (χ0n) is 15.4. The fourth-order valence-electron chi connectivity index (χ4n) is 2.35. The molecule has 12 heteroatoms. The van der Waals surface area contributed by atoms with E-state index >= 15 is 0 Å². The molecule has 0 aromatic heterocycles. The zero-order valence-corrected chi connectivity index (χ0v) is 18.5. The molecule has 1 N–H and O–H groups in total. The lowest BCUT2D eigenvalue weighted by molar-refractivity contribution is -0.0429. The van der Waals surface area contributed by atoms with Crippen LogP contribution in [0.3, 0.4) is 0 Å². The maximum Gasteiger partial charge on any atom is 0.516 e. The predicted octanol–water partition coefficient (Wildman–Crippen LogP) is 6.63. The Morgan fingerprint density at radius 3 is 2.50 bits per heavy atom. The predicted molar refractivity (Wildman–Crippen MR) is 113 cm³/mol. The Balaban J connectivity index is 2.37. The van der Waals surface area contributed by atoms with Gasteiger partial charge in [0.25, 0.3) is 0 Å². The van der Waals surface area contributed by atoms with Crippen molar-refractivity contribution in [2.75, 3.05) is 4.72 Å². The molecule has 0 aliphatic heterocycles. The molecule has 5 nitrogen and oxygen atoms in total. The Morgan fingerprint density at radius 2 is 1.87 bits per heavy atom. The summed E-state index contributed by atoms with van der Waals surface area (Å²) < 4.78 is 63.0. The van der Waals surface area contributed by atoms with E-state index in [0.717, 1.165) is 6.07 Å². The average Bonchev–Trinajstić information content (AvgIpc) is 2.65. The van der Waals surface area contributed by atoms with Crippen LogP contribution >= 0.6 is 34.8 Å². The summed E-state index contributed by atoms with van der Waals surface area (Å²) >= 11 is 18.0. The van der Waals surface area contributed by atoms with Gasteiger partial charge in [0.2, 0.25) is 0 Å². The van der Waals surface area contributed by atoms with E-state index in [0.29, 0.717) is 17.0 Å². The SMILES string of the molecule is CCCC(=NOCc1cccc(Cl)c1Cl)c1cc(Cl)ccc1NS(=O)(=O)C(F)(F)F. The van der Waals surface area contributed by atoms with E-state index in [4.69, 9.17) is 39.6 Å². The highest BCUT2D eigenvalue weighted by atomic mass is 35.5. The quantitative estimate of drug-likeness (QED) is 0.325. The lowest BCUT2D eigenvalue weighted by atomic mass is 10.0. The number of nitrogens with zero attached hydrogens (tertiary/aromatic N) is 1. The highest BCUT2D eigenvalue weighted by molar-refractivity contribution is 7.93. The minimum Gasteiger partial charge on any atom is -0.391 e. The van der Waals surface area contributed by atoms with Gasteiger partial charge in [-0.25, -0.2) is 0 Å². The molecule has 0 amide bonds. The van der Waals surface area contributed by atoms with Crippen molar-refractivity contribution in [2.24, 2.45) is 5.16 Å². The van der Waals surface area contributed by atoms with Crippen LogP contribution in [0.5, 0.6) is 0 Å².